The highest BCUT2D eigenvalue weighted by atomic mass is 19.2. The van der Waals surface area contributed by atoms with Gasteiger partial charge in [-0.2, -0.15) is 0 Å². The molecule has 3 rings (SSSR count). The monoisotopic (exact) mass is 406 g/mol. The van der Waals surface area contributed by atoms with Gasteiger partial charge in [0.05, 0.1) is 12.2 Å². The molecule has 0 saturated carbocycles. The molecule has 0 aliphatic heterocycles. The molecule has 3 aromatic carbocycles. The highest BCUT2D eigenvalue weighted by Crippen LogP contribution is 2.17. The lowest BCUT2D eigenvalue weighted by Crippen LogP contribution is -2.08. The fraction of sp³-hybridized carbons (Fsp3) is 0.160. The molecular formula is C25H20F2O3. The van der Waals surface area contributed by atoms with Gasteiger partial charge in [-0.3, -0.25) is 0 Å². The van der Waals surface area contributed by atoms with E-state index in [2.05, 4.69) is 18.8 Å². The van der Waals surface area contributed by atoms with Crippen LogP contribution in [-0.4, -0.2) is 12.6 Å². The molecule has 0 unspecified atom stereocenters. The van der Waals surface area contributed by atoms with Gasteiger partial charge in [0.1, 0.15) is 11.5 Å². The maximum absolute atomic E-state index is 13.2. The fourth-order valence-electron chi connectivity index (χ4n) is 2.51. The van der Waals surface area contributed by atoms with Crippen molar-refractivity contribution in [3.8, 4) is 23.3 Å². The summed E-state index contributed by atoms with van der Waals surface area (Å²) in [5.74, 6) is 4.09. The second kappa shape index (κ2) is 10.2. The summed E-state index contributed by atoms with van der Waals surface area (Å²) in [5, 5.41) is 0. The van der Waals surface area contributed by atoms with E-state index < -0.39 is 17.6 Å². The van der Waals surface area contributed by atoms with Crippen LogP contribution in [0.4, 0.5) is 8.78 Å². The third-order valence-corrected chi connectivity index (χ3v) is 4.19. The van der Waals surface area contributed by atoms with Gasteiger partial charge >= 0.3 is 5.97 Å². The van der Waals surface area contributed by atoms with Crippen molar-refractivity contribution >= 4 is 5.97 Å². The smallest absolute Gasteiger partial charge is 0.343 e. The average Bonchev–Trinajstić information content (AvgIpc) is 2.76. The molecule has 0 aliphatic carbocycles. The van der Waals surface area contributed by atoms with Gasteiger partial charge in [0.15, 0.2) is 11.6 Å². The topological polar surface area (TPSA) is 35.5 Å². The van der Waals surface area contributed by atoms with Crippen LogP contribution >= 0.6 is 0 Å². The third kappa shape index (κ3) is 5.92. The molecule has 0 atom stereocenters. The summed E-state index contributed by atoms with van der Waals surface area (Å²) in [4.78, 5) is 12.1. The normalized spacial score (nSPS) is 10.1. The van der Waals surface area contributed by atoms with Gasteiger partial charge in [0.2, 0.25) is 0 Å². The Labute approximate surface area is 174 Å². The van der Waals surface area contributed by atoms with E-state index in [0.717, 1.165) is 41.9 Å². The largest absolute Gasteiger partial charge is 0.494 e. The van der Waals surface area contributed by atoms with E-state index in [4.69, 9.17) is 9.47 Å². The number of benzene rings is 3. The number of carbonyl (C=O) groups excluding carboxylic acids is 1. The van der Waals surface area contributed by atoms with E-state index >= 15 is 0 Å². The van der Waals surface area contributed by atoms with Crippen molar-refractivity contribution in [1.82, 2.24) is 0 Å². The van der Waals surface area contributed by atoms with Crippen molar-refractivity contribution in [2.24, 2.45) is 0 Å². The van der Waals surface area contributed by atoms with Crippen LogP contribution < -0.4 is 9.47 Å². The fourth-order valence-corrected chi connectivity index (χ4v) is 2.51. The number of rotatable bonds is 6. The first kappa shape index (κ1) is 21.1. The van der Waals surface area contributed by atoms with Crippen molar-refractivity contribution in [2.45, 2.75) is 19.8 Å². The van der Waals surface area contributed by atoms with E-state index in [9.17, 15) is 13.6 Å². The highest BCUT2D eigenvalue weighted by Gasteiger charge is 2.10. The van der Waals surface area contributed by atoms with E-state index in [0.29, 0.717) is 6.61 Å². The molecule has 0 radical (unpaired) electrons. The predicted molar refractivity (Wildman–Crippen MR) is 111 cm³/mol. The van der Waals surface area contributed by atoms with Crippen molar-refractivity contribution in [3.05, 3.63) is 95.1 Å². The molecule has 0 aliphatic rings. The molecule has 0 aromatic heterocycles. The number of hydrogen-bond acceptors (Lipinski definition) is 3. The minimum Gasteiger partial charge on any atom is -0.494 e. The van der Waals surface area contributed by atoms with Crippen molar-refractivity contribution in [3.63, 3.8) is 0 Å². The summed E-state index contributed by atoms with van der Waals surface area (Å²) >= 11 is 0. The molecule has 3 aromatic rings. The lowest BCUT2D eigenvalue weighted by molar-refractivity contribution is 0.0734. The van der Waals surface area contributed by atoms with Crippen LogP contribution in [0.2, 0.25) is 0 Å². The van der Waals surface area contributed by atoms with Crippen molar-refractivity contribution < 1.29 is 23.0 Å². The summed E-state index contributed by atoms with van der Waals surface area (Å²) in [6, 6.07) is 17.0. The SMILES string of the molecule is CCCCOc1ccc(C#Cc2ccc(C(=O)Oc3ccc(F)c(F)c3)cc2)cc1. The van der Waals surface area contributed by atoms with Gasteiger partial charge in [-0.25, -0.2) is 13.6 Å². The Morgan fingerprint density at radius 1 is 0.833 bits per heavy atom. The number of hydrogen-bond donors (Lipinski definition) is 0. The van der Waals surface area contributed by atoms with E-state index in [1.165, 1.54) is 6.07 Å². The van der Waals surface area contributed by atoms with Crippen LogP contribution in [0.1, 0.15) is 41.3 Å². The second-order valence-corrected chi connectivity index (χ2v) is 6.52. The maximum Gasteiger partial charge on any atom is 0.343 e. The minimum atomic E-state index is -1.08. The van der Waals surface area contributed by atoms with Gasteiger partial charge in [-0.15, -0.1) is 0 Å². The van der Waals surface area contributed by atoms with Crippen molar-refractivity contribution in [2.75, 3.05) is 6.61 Å². The van der Waals surface area contributed by atoms with Gasteiger partial charge in [-0.1, -0.05) is 25.2 Å². The molecule has 0 fully saturated rings. The van der Waals surface area contributed by atoms with Gasteiger partial charge in [-0.05, 0) is 67.1 Å². The lowest BCUT2D eigenvalue weighted by Gasteiger charge is -2.05. The molecular weight excluding hydrogens is 386 g/mol. The summed E-state index contributed by atoms with van der Waals surface area (Å²) in [6.07, 6.45) is 2.11. The summed E-state index contributed by atoms with van der Waals surface area (Å²) in [7, 11) is 0. The van der Waals surface area contributed by atoms with Gasteiger partial charge in [0.25, 0.3) is 0 Å². The first-order valence-electron chi connectivity index (χ1n) is 9.57. The first-order valence-corrected chi connectivity index (χ1v) is 9.57. The zero-order valence-corrected chi connectivity index (χ0v) is 16.5. The Morgan fingerprint density at radius 3 is 2.03 bits per heavy atom. The lowest BCUT2D eigenvalue weighted by atomic mass is 10.1. The Bertz CT molecular complexity index is 1060. The Balaban J connectivity index is 1.60. The molecule has 0 spiro atoms. The molecule has 0 N–H and O–H groups in total. The van der Waals surface area contributed by atoms with Crippen LogP contribution in [0.25, 0.3) is 0 Å². The molecule has 0 amide bonds. The zero-order chi connectivity index (χ0) is 21.3. The molecule has 0 saturated heterocycles. The Kier molecular flexibility index (Phi) is 7.18. The third-order valence-electron chi connectivity index (χ3n) is 4.19. The maximum atomic E-state index is 13.2. The summed E-state index contributed by atoms with van der Waals surface area (Å²) < 4.78 is 36.8. The zero-order valence-electron chi connectivity index (χ0n) is 16.5. The van der Waals surface area contributed by atoms with E-state index in [1.54, 1.807) is 24.3 Å². The number of esters is 1. The van der Waals surface area contributed by atoms with Gasteiger partial charge in [0, 0.05) is 17.2 Å². The number of ether oxygens (including phenoxy) is 2. The first-order chi connectivity index (χ1) is 14.5. The Morgan fingerprint density at radius 2 is 1.43 bits per heavy atom. The quantitative estimate of drug-likeness (QED) is 0.226. The molecule has 5 heteroatoms. The van der Waals surface area contributed by atoms with E-state index in [1.807, 2.05) is 24.3 Å². The van der Waals surface area contributed by atoms with Crippen LogP contribution in [0.15, 0.2) is 66.7 Å². The molecule has 3 nitrogen and oxygen atoms in total. The van der Waals surface area contributed by atoms with Gasteiger partial charge < -0.3 is 9.47 Å². The standard InChI is InChI=1S/C25H20F2O3/c1-2-3-16-29-21-12-8-19(9-13-21)5-4-18-6-10-20(11-7-18)25(28)30-22-14-15-23(26)24(27)17-22/h6-15,17H,2-3,16H2,1H3. The Hall–Kier alpha value is -3.65. The predicted octanol–water partition coefficient (Wildman–Crippen LogP) is 5.76. The van der Waals surface area contributed by atoms with Crippen LogP contribution in [0, 0.1) is 23.5 Å². The highest BCUT2D eigenvalue weighted by molar-refractivity contribution is 5.91. The summed E-state index contributed by atoms with van der Waals surface area (Å²) in [5.41, 5.74) is 1.85. The number of carbonyl (C=O) groups is 1. The van der Waals surface area contributed by atoms with Crippen LogP contribution in [-0.2, 0) is 0 Å². The summed E-state index contributed by atoms with van der Waals surface area (Å²) in [6.45, 7) is 2.82. The molecule has 0 heterocycles. The molecule has 30 heavy (non-hydrogen) atoms. The number of halogens is 2. The van der Waals surface area contributed by atoms with Crippen molar-refractivity contribution in [1.29, 1.82) is 0 Å². The van der Waals surface area contributed by atoms with E-state index in [-0.39, 0.29) is 11.3 Å². The molecule has 0 bridgehead atoms. The number of unbranched alkanes of at least 4 members (excludes halogenated alkanes) is 1. The average molecular weight is 406 g/mol. The molecule has 152 valence electrons. The minimum absolute atomic E-state index is 0.0649. The van der Waals surface area contributed by atoms with Crippen LogP contribution in [0.3, 0.4) is 0 Å². The van der Waals surface area contributed by atoms with Crippen LogP contribution in [0.5, 0.6) is 11.5 Å². The second-order valence-electron chi connectivity index (χ2n) is 6.52.